The molecule has 1 aromatic heterocycles. The molecular formula is C17H21ClFN3O. The highest BCUT2D eigenvalue weighted by atomic mass is 35.5. The third-order valence-electron chi connectivity index (χ3n) is 4.19. The molecule has 0 fully saturated rings. The molecular weight excluding hydrogens is 317 g/mol. The van der Waals surface area contributed by atoms with Crippen LogP contribution in [-0.2, 0) is 25.8 Å². The van der Waals surface area contributed by atoms with Gasteiger partial charge in [0.05, 0.1) is 5.69 Å². The van der Waals surface area contributed by atoms with E-state index in [9.17, 15) is 9.18 Å². The lowest BCUT2D eigenvalue weighted by atomic mass is 9.91. The molecule has 2 N–H and O–H groups in total. The second kappa shape index (κ2) is 8.22. The number of aromatic nitrogens is 2. The first kappa shape index (κ1) is 17.6. The van der Waals surface area contributed by atoms with E-state index in [0.29, 0.717) is 18.7 Å². The van der Waals surface area contributed by atoms with Crippen LogP contribution in [-0.4, -0.2) is 16.7 Å². The van der Waals surface area contributed by atoms with Gasteiger partial charge in [-0.1, -0.05) is 18.2 Å². The van der Waals surface area contributed by atoms with E-state index in [0.717, 1.165) is 48.9 Å². The van der Waals surface area contributed by atoms with Crippen molar-refractivity contribution in [3.63, 3.8) is 0 Å². The molecule has 0 atom stereocenters. The number of nitrogens with one attached hydrogen (secondary N) is 2. The van der Waals surface area contributed by atoms with E-state index in [1.54, 1.807) is 12.1 Å². The number of H-pyrrole nitrogens is 1. The SMILES string of the molecule is Cl.O=c1[nH]nc(CCNCc2ccccc2F)c2c1CCCC2. The zero-order chi connectivity index (χ0) is 15.4. The predicted octanol–water partition coefficient (Wildman–Crippen LogP) is 2.54. The van der Waals surface area contributed by atoms with Gasteiger partial charge in [0.25, 0.3) is 5.56 Å². The number of aromatic amines is 1. The highest BCUT2D eigenvalue weighted by Gasteiger charge is 2.17. The van der Waals surface area contributed by atoms with E-state index in [1.807, 2.05) is 6.07 Å². The van der Waals surface area contributed by atoms with E-state index in [2.05, 4.69) is 15.5 Å². The zero-order valence-electron chi connectivity index (χ0n) is 12.9. The molecule has 6 heteroatoms. The third kappa shape index (κ3) is 4.18. The Morgan fingerprint density at radius 1 is 1.17 bits per heavy atom. The van der Waals surface area contributed by atoms with Crippen molar-refractivity contribution in [3.8, 4) is 0 Å². The first-order valence-corrected chi connectivity index (χ1v) is 7.79. The van der Waals surface area contributed by atoms with Crippen molar-refractivity contribution in [2.24, 2.45) is 0 Å². The van der Waals surface area contributed by atoms with Crippen molar-refractivity contribution in [3.05, 3.63) is 62.8 Å². The summed E-state index contributed by atoms with van der Waals surface area (Å²) in [6, 6.07) is 6.77. The van der Waals surface area contributed by atoms with Crippen LogP contribution in [0.1, 0.15) is 35.2 Å². The van der Waals surface area contributed by atoms with Gasteiger partial charge in [-0.25, -0.2) is 9.49 Å². The van der Waals surface area contributed by atoms with Crippen molar-refractivity contribution in [2.45, 2.75) is 38.6 Å². The minimum atomic E-state index is -0.186. The quantitative estimate of drug-likeness (QED) is 0.824. The number of fused-ring (bicyclic) bond motifs is 1. The molecule has 3 rings (SSSR count). The minimum absolute atomic E-state index is 0. The van der Waals surface area contributed by atoms with Crippen LogP contribution in [0.5, 0.6) is 0 Å². The van der Waals surface area contributed by atoms with Crippen LogP contribution in [0.25, 0.3) is 0 Å². The third-order valence-corrected chi connectivity index (χ3v) is 4.19. The molecule has 1 aliphatic carbocycles. The van der Waals surface area contributed by atoms with Crippen LogP contribution in [0, 0.1) is 5.82 Å². The summed E-state index contributed by atoms with van der Waals surface area (Å²) in [6.07, 6.45) is 4.73. The molecule has 0 saturated heterocycles. The van der Waals surface area contributed by atoms with Crippen LogP contribution in [0.2, 0.25) is 0 Å². The van der Waals surface area contributed by atoms with Crippen molar-refractivity contribution in [1.82, 2.24) is 15.5 Å². The first-order valence-electron chi connectivity index (χ1n) is 7.79. The van der Waals surface area contributed by atoms with Crippen LogP contribution >= 0.6 is 12.4 Å². The Kier molecular flexibility index (Phi) is 6.30. The molecule has 0 saturated carbocycles. The van der Waals surface area contributed by atoms with Gasteiger partial charge in [0, 0.05) is 30.6 Å². The summed E-state index contributed by atoms with van der Waals surface area (Å²) in [6.45, 7) is 1.21. The van der Waals surface area contributed by atoms with E-state index in [-0.39, 0.29) is 23.8 Å². The van der Waals surface area contributed by atoms with Gasteiger partial charge in [-0.3, -0.25) is 4.79 Å². The summed E-state index contributed by atoms with van der Waals surface area (Å²) in [5, 5.41) is 10.0. The molecule has 0 spiro atoms. The maximum atomic E-state index is 13.5. The summed E-state index contributed by atoms with van der Waals surface area (Å²) in [4.78, 5) is 11.8. The van der Waals surface area contributed by atoms with Gasteiger partial charge < -0.3 is 5.32 Å². The molecule has 0 radical (unpaired) electrons. The fourth-order valence-electron chi connectivity index (χ4n) is 3.01. The Hall–Kier alpha value is -1.72. The van der Waals surface area contributed by atoms with Crippen molar-refractivity contribution in [2.75, 3.05) is 6.54 Å². The largest absolute Gasteiger partial charge is 0.312 e. The normalized spacial score (nSPS) is 13.3. The van der Waals surface area contributed by atoms with Gasteiger partial charge in [0.1, 0.15) is 5.82 Å². The van der Waals surface area contributed by atoms with Gasteiger partial charge >= 0.3 is 0 Å². The van der Waals surface area contributed by atoms with Crippen LogP contribution in [0.3, 0.4) is 0 Å². The Labute approximate surface area is 140 Å². The lowest BCUT2D eigenvalue weighted by molar-refractivity contribution is 0.584. The highest BCUT2D eigenvalue weighted by Crippen LogP contribution is 2.20. The minimum Gasteiger partial charge on any atom is -0.312 e. The Bertz CT molecular complexity index is 717. The number of benzene rings is 1. The van der Waals surface area contributed by atoms with Crippen LogP contribution < -0.4 is 10.9 Å². The maximum Gasteiger partial charge on any atom is 0.267 e. The smallest absolute Gasteiger partial charge is 0.267 e. The summed E-state index contributed by atoms with van der Waals surface area (Å²) in [5.41, 5.74) is 3.63. The molecule has 4 nitrogen and oxygen atoms in total. The molecule has 1 heterocycles. The number of hydrogen-bond acceptors (Lipinski definition) is 3. The molecule has 0 unspecified atom stereocenters. The van der Waals surface area contributed by atoms with E-state index in [4.69, 9.17) is 0 Å². The predicted molar refractivity (Wildman–Crippen MR) is 90.6 cm³/mol. The van der Waals surface area contributed by atoms with E-state index in [1.165, 1.54) is 6.07 Å². The molecule has 23 heavy (non-hydrogen) atoms. The number of hydrogen-bond donors (Lipinski definition) is 2. The molecule has 0 bridgehead atoms. The summed E-state index contributed by atoms with van der Waals surface area (Å²) in [5.74, 6) is -0.186. The van der Waals surface area contributed by atoms with Gasteiger partial charge in [0.15, 0.2) is 0 Å². The lowest BCUT2D eigenvalue weighted by Gasteiger charge is -2.17. The first-order chi connectivity index (χ1) is 10.8. The monoisotopic (exact) mass is 337 g/mol. The Balaban J connectivity index is 0.00000192. The zero-order valence-corrected chi connectivity index (χ0v) is 13.7. The van der Waals surface area contributed by atoms with Crippen molar-refractivity contribution in [1.29, 1.82) is 0 Å². The number of nitrogens with zero attached hydrogens (tertiary/aromatic N) is 1. The van der Waals surface area contributed by atoms with Crippen molar-refractivity contribution >= 4 is 12.4 Å². The fraction of sp³-hybridized carbons (Fsp3) is 0.412. The Morgan fingerprint density at radius 3 is 2.70 bits per heavy atom. The topological polar surface area (TPSA) is 57.8 Å². The average Bonchev–Trinajstić information content (AvgIpc) is 2.55. The molecule has 1 aromatic carbocycles. The highest BCUT2D eigenvalue weighted by molar-refractivity contribution is 5.85. The molecule has 0 amide bonds. The lowest BCUT2D eigenvalue weighted by Crippen LogP contribution is -2.25. The summed E-state index contributed by atoms with van der Waals surface area (Å²) >= 11 is 0. The molecule has 124 valence electrons. The second-order valence-electron chi connectivity index (χ2n) is 5.68. The Morgan fingerprint density at radius 2 is 1.91 bits per heavy atom. The molecule has 0 aliphatic heterocycles. The molecule has 2 aromatic rings. The van der Waals surface area contributed by atoms with Gasteiger partial charge in [-0.05, 0) is 37.3 Å². The molecule has 1 aliphatic rings. The second-order valence-corrected chi connectivity index (χ2v) is 5.68. The standard InChI is InChI=1S/C17H20FN3O.ClH/c18-15-8-4-1-5-12(15)11-19-10-9-16-13-6-2-3-7-14(13)17(22)21-20-16;/h1,4-5,8,19H,2-3,6-7,9-11H2,(H,21,22);1H. The van der Waals surface area contributed by atoms with E-state index >= 15 is 0 Å². The summed E-state index contributed by atoms with van der Waals surface area (Å²) in [7, 11) is 0. The van der Waals surface area contributed by atoms with E-state index < -0.39 is 0 Å². The van der Waals surface area contributed by atoms with Gasteiger partial charge in [0.2, 0.25) is 0 Å². The van der Waals surface area contributed by atoms with Gasteiger partial charge in [-0.2, -0.15) is 5.10 Å². The van der Waals surface area contributed by atoms with Crippen LogP contribution in [0.4, 0.5) is 4.39 Å². The number of rotatable bonds is 5. The fourth-order valence-corrected chi connectivity index (χ4v) is 3.01. The number of halogens is 2. The maximum absolute atomic E-state index is 13.5. The van der Waals surface area contributed by atoms with Crippen molar-refractivity contribution < 1.29 is 4.39 Å². The summed E-state index contributed by atoms with van der Waals surface area (Å²) < 4.78 is 13.5. The average molecular weight is 338 g/mol. The van der Waals surface area contributed by atoms with Gasteiger partial charge in [-0.15, -0.1) is 12.4 Å². The van der Waals surface area contributed by atoms with Crippen LogP contribution in [0.15, 0.2) is 29.1 Å².